The van der Waals surface area contributed by atoms with E-state index in [1.807, 2.05) is 11.6 Å². The molecule has 0 aromatic heterocycles. The molecule has 4 aliphatic heterocycles. The van der Waals surface area contributed by atoms with E-state index in [4.69, 9.17) is 11.2 Å². The van der Waals surface area contributed by atoms with E-state index in [1.165, 1.54) is 26.9 Å². The molecule has 75 heavy (non-hydrogen) atoms. The van der Waals surface area contributed by atoms with Crippen molar-refractivity contribution in [2.75, 3.05) is 19.6 Å². The minimum Gasteiger partial charge on any atom is -0.551 e. The van der Waals surface area contributed by atoms with E-state index in [0.717, 1.165) is 96.1 Å². The highest BCUT2D eigenvalue weighted by molar-refractivity contribution is 8.28. The van der Waals surface area contributed by atoms with Gasteiger partial charge in [0.2, 0.25) is 0 Å². The van der Waals surface area contributed by atoms with E-state index in [9.17, 15) is 0 Å². The maximum absolute atomic E-state index is 7.42. The predicted octanol–water partition coefficient (Wildman–Crippen LogP) is 15.8. The number of nitrogens with zero attached hydrogens (tertiary/aromatic N) is 4. The molecule has 0 amide bonds. The van der Waals surface area contributed by atoms with Crippen LogP contribution < -0.4 is 40.6 Å². The average Bonchev–Trinajstić information content (AvgIpc) is 3.53. The summed E-state index contributed by atoms with van der Waals surface area (Å²) in [7, 11) is 0. The molecule has 0 radical (unpaired) electrons. The number of hydrogen-bond donors (Lipinski definition) is 0. The van der Waals surface area contributed by atoms with Crippen molar-refractivity contribution < 1.29 is 4.65 Å². The molecule has 0 N–H and O–H groups in total. The van der Waals surface area contributed by atoms with Crippen molar-refractivity contribution in [2.45, 2.75) is 11.8 Å². The Morgan fingerprint density at radius 1 is 0.480 bits per heavy atom. The van der Waals surface area contributed by atoms with Crippen LogP contribution in [0.5, 0.6) is 5.75 Å². The summed E-state index contributed by atoms with van der Waals surface area (Å²) >= 11 is 1.95. The summed E-state index contributed by atoms with van der Waals surface area (Å²) in [5.41, 5.74) is 22.2. The lowest BCUT2D eigenvalue weighted by Gasteiger charge is -2.44. The number of benzene rings is 10. The highest BCUT2D eigenvalue weighted by Gasteiger charge is 2.47. The van der Waals surface area contributed by atoms with Crippen LogP contribution in [0.4, 0.5) is 56.9 Å². The van der Waals surface area contributed by atoms with Gasteiger partial charge in [0, 0.05) is 78.7 Å². The smallest absolute Gasteiger partial charge is 0.431 e. The van der Waals surface area contributed by atoms with Crippen LogP contribution in [0, 0.1) is 0 Å². The fraction of sp³-hybridized carbons (Fsp3) is 0.0149. The lowest BCUT2D eigenvalue weighted by atomic mass is 9.46. The number of anilines is 10. The molecule has 0 saturated heterocycles. The van der Waals surface area contributed by atoms with E-state index < -0.39 is 6.92 Å². The minimum absolute atomic E-state index is 0.0299. The van der Waals surface area contributed by atoms with Crippen molar-refractivity contribution in [1.29, 1.82) is 0 Å². The predicted molar refractivity (Wildman–Crippen MR) is 318 cm³/mol. The van der Waals surface area contributed by atoms with Crippen LogP contribution in [0.25, 0.3) is 16.7 Å². The number of allylic oxidation sites excluding steroid dienone is 4. The number of fused-ring (bicyclic) bond motifs is 8. The molecular weight excluding hydrogens is 930 g/mol. The number of rotatable bonds is 9. The van der Waals surface area contributed by atoms with Gasteiger partial charge in [-0.3, -0.25) is 0 Å². The van der Waals surface area contributed by atoms with Gasteiger partial charge in [-0.1, -0.05) is 158 Å². The second kappa shape index (κ2) is 18.4. The minimum atomic E-state index is -0.430. The molecule has 4 aliphatic rings. The molecule has 10 aromatic rings. The van der Waals surface area contributed by atoms with Gasteiger partial charge in [0.15, 0.2) is 0 Å². The van der Waals surface area contributed by atoms with Crippen LogP contribution in [0.15, 0.2) is 289 Å². The van der Waals surface area contributed by atoms with E-state index in [1.54, 1.807) is 0 Å². The molecule has 0 atom stereocenters. The monoisotopic (exact) mass is 978 g/mol. The van der Waals surface area contributed by atoms with Gasteiger partial charge in [0.05, 0.1) is 0 Å². The summed E-state index contributed by atoms with van der Waals surface area (Å²) in [6.45, 7) is 6.67. The van der Waals surface area contributed by atoms with Crippen molar-refractivity contribution in [2.24, 2.45) is 0 Å². The third-order valence-electron chi connectivity index (χ3n) is 14.9. The Bertz CT molecular complexity index is 3820. The SMILES string of the molecule is C=C(/C=C1\C2=C(C)N(c3ccccc3)c3cc4c(cc3B2Oc2ccccc21)B1Sc2ccccc2-c2cc(N(c3ccccc3)c3ccccc3)cc(c21)N4c1ccccc1)N(c1ccccc1)c1ccccc1. The first-order chi connectivity index (χ1) is 37.1. The van der Waals surface area contributed by atoms with Crippen molar-refractivity contribution >= 4 is 103 Å². The summed E-state index contributed by atoms with van der Waals surface area (Å²) in [5, 5.41) is 0. The molecule has 0 spiro atoms. The lowest BCUT2D eigenvalue weighted by Crippen LogP contribution is -2.55. The first-order valence-corrected chi connectivity index (χ1v) is 26.5. The second-order valence-electron chi connectivity index (χ2n) is 19.3. The summed E-state index contributed by atoms with van der Waals surface area (Å²) in [5.74, 6) is 0.812. The van der Waals surface area contributed by atoms with E-state index in [-0.39, 0.29) is 5.99 Å². The van der Waals surface area contributed by atoms with Gasteiger partial charge in [-0.05, 0) is 155 Å². The molecule has 8 heteroatoms. The standard InChI is InChI=1S/C67H48B2N4OS/c1-46(70(48-25-9-3-10-26-48)49-27-11-4-12-28-49)41-57-55-37-21-23-39-64(55)74-68-59-44-60-62(45-61(59)71(47(2)66(57)68)50-29-13-5-14-30-50)73(53-35-19-8-20-36-53)63-43-54(42-58-56-38-22-24-40-65(56)75-69(60)67(58)63)72(51-31-15-6-16-32-51)52-33-17-7-18-34-52/h3-45H,1H2,2H3/b57-41-. The van der Waals surface area contributed by atoms with Gasteiger partial charge in [-0.25, -0.2) is 0 Å². The highest BCUT2D eigenvalue weighted by Crippen LogP contribution is 2.52. The first kappa shape index (κ1) is 44.6. The summed E-state index contributed by atoms with van der Waals surface area (Å²) in [6, 6.07) is 91.5. The molecular formula is C67H48B2N4OS. The van der Waals surface area contributed by atoms with Crippen LogP contribution in [0.2, 0.25) is 0 Å². The van der Waals surface area contributed by atoms with Crippen LogP contribution >= 0.6 is 11.6 Å². The summed E-state index contributed by atoms with van der Waals surface area (Å²) in [4.78, 5) is 10.9. The Morgan fingerprint density at radius 3 is 1.60 bits per heavy atom. The van der Waals surface area contributed by atoms with Gasteiger partial charge in [-0.15, -0.1) is 0 Å². The topological polar surface area (TPSA) is 22.2 Å². The molecule has 0 aliphatic carbocycles. The zero-order chi connectivity index (χ0) is 50.0. The molecule has 4 heterocycles. The van der Waals surface area contributed by atoms with Crippen LogP contribution in [0.1, 0.15) is 12.5 Å². The number of hydrogen-bond acceptors (Lipinski definition) is 6. The van der Waals surface area contributed by atoms with E-state index in [0.29, 0.717) is 0 Å². The third-order valence-corrected chi connectivity index (χ3v) is 16.3. The van der Waals surface area contributed by atoms with E-state index in [2.05, 4.69) is 287 Å². The molecule has 0 bridgehead atoms. The first-order valence-electron chi connectivity index (χ1n) is 25.6. The summed E-state index contributed by atoms with van der Waals surface area (Å²) in [6.07, 6.45) is 2.28. The molecule has 354 valence electrons. The van der Waals surface area contributed by atoms with Crippen LogP contribution in [-0.2, 0) is 0 Å². The maximum Gasteiger partial charge on any atom is 0.431 e. The lowest BCUT2D eigenvalue weighted by molar-refractivity contribution is 0.580. The quantitative estimate of drug-likeness (QED) is 0.134. The van der Waals surface area contributed by atoms with Crippen LogP contribution in [-0.4, -0.2) is 12.9 Å². The van der Waals surface area contributed by atoms with Crippen molar-refractivity contribution in [3.63, 3.8) is 0 Å². The van der Waals surface area contributed by atoms with Gasteiger partial charge in [0.25, 0.3) is 5.99 Å². The van der Waals surface area contributed by atoms with Gasteiger partial charge in [-0.2, -0.15) is 11.6 Å². The van der Waals surface area contributed by atoms with Gasteiger partial charge < -0.3 is 24.3 Å². The Kier molecular flexibility index (Phi) is 11.0. The summed E-state index contributed by atoms with van der Waals surface area (Å²) < 4.78 is 7.42. The molecule has 5 nitrogen and oxygen atoms in total. The Hall–Kier alpha value is -9.10. The Labute approximate surface area is 443 Å². The molecule has 0 saturated carbocycles. The van der Waals surface area contributed by atoms with E-state index >= 15 is 0 Å². The van der Waals surface area contributed by atoms with Crippen LogP contribution in [0.3, 0.4) is 0 Å². The van der Waals surface area contributed by atoms with Crippen molar-refractivity contribution in [3.8, 4) is 16.9 Å². The molecule has 0 unspecified atom stereocenters. The van der Waals surface area contributed by atoms with Crippen molar-refractivity contribution in [3.05, 3.63) is 290 Å². The fourth-order valence-electron chi connectivity index (χ4n) is 11.7. The molecule has 0 fully saturated rings. The average molecular weight is 979 g/mol. The van der Waals surface area contributed by atoms with Gasteiger partial charge >= 0.3 is 6.92 Å². The third kappa shape index (κ3) is 7.51. The largest absolute Gasteiger partial charge is 0.551 e. The second-order valence-corrected chi connectivity index (χ2v) is 20.4. The fourth-order valence-corrected chi connectivity index (χ4v) is 13.1. The molecule has 10 aromatic carbocycles. The maximum atomic E-state index is 7.42. The van der Waals surface area contributed by atoms with Crippen molar-refractivity contribution in [1.82, 2.24) is 0 Å². The Balaban J connectivity index is 1.02. The molecule has 14 rings (SSSR count). The Morgan fingerprint density at radius 2 is 0.987 bits per heavy atom. The number of para-hydroxylation sites is 7. The zero-order valence-corrected chi connectivity index (χ0v) is 42.1. The van der Waals surface area contributed by atoms with Gasteiger partial charge in [0.1, 0.15) is 5.75 Å². The zero-order valence-electron chi connectivity index (χ0n) is 41.3. The normalized spacial score (nSPS) is 14.2. The highest BCUT2D eigenvalue weighted by atomic mass is 32.2.